The predicted octanol–water partition coefficient (Wildman–Crippen LogP) is 0.304. The van der Waals surface area contributed by atoms with E-state index in [1.807, 2.05) is 13.8 Å². The molecule has 0 aliphatic rings. The number of amides is 1. The predicted molar refractivity (Wildman–Crippen MR) is 68.6 cm³/mol. The molecule has 1 aromatic rings. The van der Waals surface area contributed by atoms with E-state index in [4.69, 9.17) is 5.73 Å². The highest BCUT2D eigenvalue weighted by Crippen LogP contribution is 2.18. The van der Waals surface area contributed by atoms with Gasteiger partial charge in [0.05, 0.1) is 16.8 Å². The van der Waals surface area contributed by atoms with Crippen molar-refractivity contribution in [2.24, 2.45) is 0 Å². The Bertz CT molecular complexity index is 540. The monoisotopic (exact) mass is 271 g/mol. The van der Waals surface area contributed by atoms with E-state index < -0.39 is 21.5 Å². The summed E-state index contributed by atoms with van der Waals surface area (Å²) in [6.07, 6.45) is 2.59. The third kappa shape index (κ3) is 3.19. The van der Waals surface area contributed by atoms with Crippen LogP contribution in [0.3, 0.4) is 0 Å². The fourth-order valence-corrected chi connectivity index (χ4v) is 2.67. The van der Waals surface area contributed by atoms with Gasteiger partial charge in [-0.3, -0.25) is 9.78 Å². The maximum Gasteiger partial charge on any atom is 0.238 e. The number of aromatic nitrogens is 1. The molecule has 0 aromatic carbocycles. The Morgan fingerprint density at radius 1 is 1.50 bits per heavy atom. The van der Waals surface area contributed by atoms with Crippen LogP contribution >= 0.6 is 0 Å². The van der Waals surface area contributed by atoms with Crippen molar-refractivity contribution >= 4 is 21.4 Å². The van der Waals surface area contributed by atoms with Crippen LogP contribution < -0.4 is 5.73 Å². The lowest BCUT2D eigenvalue weighted by atomic mass is 10.3. The molecule has 0 spiro atoms. The third-order valence-corrected chi connectivity index (χ3v) is 4.30. The van der Waals surface area contributed by atoms with Crippen molar-refractivity contribution in [1.82, 2.24) is 9.88 Å². The number of carbonyl (C=O) groups excluding carboxylic acids is 1. The second-order valence-electron chi connectivity index (χ2n) is 4.27. The zero-order valence-electron chi connectivity index (χ0n) is 10.6. The number of hydrogen-bond donors (Lipinski definition) is 1. The molecule has 1 aromatic heterocycles. The van der Waals surface area contributed by atoms with Crippen molar-refractivity contribution in [3.8, 4) is 0 Å². The normalized spacial score (nSPS) is 11.6. The van der Waals surface area contributed by atoms with Crippen LogP contribution in [0.2, 0.25) is 0 Å². The molecule has 7 heteroatoms. The maximum atomic E-state index is 12.0. The number of nitrogens with two attached hydrogens (primary N) is 1. The van der Waals surface area contributed by atoms with Crippen LogP contribution in [0.4, 0.5) is 5.69 Å². The summed E-state index contributed by atoms with van der Waals surface area (Å²) in [6, 6.07) is 1.25. The van der Waals surface area contributed by atoms with E-state index >= 15 is 0 Å². The van der Waals surface area contributed by atoms with Crippen molar-refractivity contribution in [3.05, 3.63) is 18.5 Å². The molecule has 0 saturated heterocycles. The summed E-state index contributed by atoms with van der Waals surface area (Å²) >= 11 is 0. The average molecular weight is 271 g/mol. The maximum absolute atomic E-state index is 12.0. The smallest absolute Gasteiger partial charge is 0.238 e. The highest BCUT2D eigenvalue weighted by Gasteiger charge is 2.24. The van der Waals surface area contributed by atoms with Gasteiger partial charge in [0.1, 0.15) is 5.75 Å². The van der Waals surface area contributed by atoms with E-state index in [0.717, 1.165) is 0 Å². The third-order valence-electron chi connectivity index (χ3n) is 2.63. The zero-order valence-corrected chi connectivity index (χ0v) is 11.4. The van der Waals surface area contributed by atoms with Crippen molar-refractivity contribution in [3.63, 3.8) is 0 Å². The van der Waals surface area contributed by atoms with Gasteiger partial charge in [-0.1, -0.05) is 0 Å². The Balaban J connectivity index is 2.97. The van der Waals surface area contributed by atoms with E-state index in [2.05, 4.69) is 4.98 Å². The number of hydrogen-bond acceptors (Lipinski definition) is 5. The number of nitrogens with zero attached hydrogens (tertiary/aromatic N) is 2. The van der Waals surface area contributed by atoms with Gasteiger partial charge in [-0.25, -0.2) is 8.42 Å². The first kappa shape index (κ1) is 14.4. The molecular formula is C11H17N3O3S. The standard InChI is InChI=1S/C11H17N3O3S/c1-8(2)14(3)11(15)7-18(16,17)10-4-5-13-6-9(10)12/h4-6,8H,7,12H2,1-3H3. The molecule has 100 valence electrons. The van der Waals surface area contributed by atoms with Crippen molar-refractivity contribution in [1.29, 1.82) is 0 Å². The minimum atomic E-state index is -3.72. The molecule has 2 N–H and O–H groups in total. The molecule has 18 heavy (non-hydrogen) atoms. The fraction of sp³-hybridized carbons (Fsp3) is 0.455. The summed E-state index contributed by atoms with van der Waals surface area (Å²) in [5, 5.41) is 0. The molecule has 0 atom stereocenters. The molecule has 6 nitrogen and oxygen atoms in total. The molecule has 0 radical (unpaired) electrons. The van der Waals surface area contributed by atoms with Crippen molar-refractivity contribution in [2.75, 3.05) is 18.5 Å². The summed E-state index contributed by atoms with van der Waals surface area (Å²) in [5.74, 6) is -1.04. The topological polar surface area (TPSA) is 93.4 Å². The molecule has 0 saturated carbocycles. The Morgan fingerprint density at radius 2 is 2.11 bits per heavy atom. The van der Waals surface area contributed by atoms with Crippen LogP contribution in [0.15, 0.2) is 23.4 Å². The van der Waals surface area contributed by atoms with Crippen LogP contribution in [-0.2, 0) is 14.6 Å². The summed E-state index contributed by atoms with van der Waals surface area (Å²) in [5.41, 5.74) is 5.60. The summed E-state index contributed by atoms with van der Waals surface area (Å²) in [4.78, 5) is 16.8. The molecular weight excluding hydrogens is 254 g/mol. The first-order valence-electron chi connectivity index (χ1n) is 5.43. The SMILES string of the molecule is CC(C)N(C)C(=O)CS(=O)(=O)c1ccncc1N. The van der Waals surface area contributed by atoms with Gasteiger partial charge < -0.3 is 10.6 Å². The van der Waals surface area contributed by atoms with E-state index in [9.17, 15) is 13.2 Å². The Hall–Kier alpha value is -1.63. The highest BCUT2D eigenvalue weighted by atomic mass is 32.2. The van der Waals surface area contributed by atoms with Crippen molar-refractivity contribution < 1.29 is 13.2 Å². The molecule has 1 heterocycles. The lowest BCUT2D eigenvalue weighted by molar-refractivity contribution is -0.128. The minimum Gasteiger partial charge on any atom is -0.396 e. The lowest BCUT2D eigenvalue weighted by Gasteiger charge is -2.21. The van der Waals surface area contributed by atoms with Crippen LogP contribution in [0.1, 0.15) is 13.8 Å². The van der Waals surface area contributed by atoms with Crippen LogP contribution in [-0.4, -0.2) is 43.1 Å². The molecule has 0 fully saturated rings. The van der Waals surface area contributed by atoms with Gasteiger partial charge in [-0.05, 0) is 19.9 Å². The Kier molecular flexibility index (Phi) is 4.28. The van der Waals surface area contributed by atoms with E-state index in [1.165, 1.54) is 23.4 Å². The molecule has 1 amide bonds. The number of sulfone groups is 1. The van der Waals surface area contributed by atoms with Crippen LogP contribution in [0, 0.1) is 0 Å². The van der Waals surface area contributed by atoms with Gasteiger partial charge in [-0.2, -0.15) is 0 Å². The summed E-state index contributed by atoms with van der Waals surface area (Å²) in [7, 11) is -2.16. The number of rotatable bonds is 4. The van der Waals surface area contributed by atoms with Gasteiger partial charge in [-0.15, -0.1) is 0 Å². The zero-order chi connectivity index (χ0) is 13.9. The largest absolute Gasteiger partial charge is 0.396 e. The quantitative estimate of drug-likeness (QED) is 0.850. The second-order valence-corrected chi connectivity index (χ2v) is 6.23. The van der Waals surface area contributed by atoms with Gasteiger partial charge in [0.25, 0.3) is 0 Å². The van der Waals surface area contributed by atoms with Gasteiger partial charge in [0.15, 0.2) is 9.84 Å². The Labute approximate surface area is 107 Å². The van der Waals surface area contributed by atoms with E-state index in [1.54, 1.807) is 7.05 Å². The van der Waals surface area contributed by atoms with Gasteiger partial charge in [0, 0.05) is 19.3 Å². The summed E-state index contributed by atoms with van der Waals surface area (Å²) < 4.78 is 24.1. The number of anilines is 1. The Morgan fingerprint density at radius 3 is 2.61 bits per heavy atom. The van der Waals surface area contributed by atoms with E-state index in [0.29, 0.717) is 0 Å². The molecule has 0 unspecified atom stereocenters. The van der Waals surface area contributed by atoms with Gasteiger partial charge in [0.2, 0.25) is 5.91 Å². The van der Waals surface area contributed by atoms with Gasteiger partial charge >= 0.3 is 0 Å². The van der Waals surface area contributed by atoms with Crippen LogP contribution in [0.25, 0.3) is 0 Å². The molecule has 0 bridgehead atoms. The van der Waals surface area contributed by atoms with Crippen molar-refractivity contribution in [2.45, 2.75) is 24.8 Å². The number of pyridine rings is 1. The summed E-state index contributed by atoms with van der Waals surface area (Å²) in [6.45, 7) is 3.62. The highest BCUT2D eigenvalue weighted by molar-refractivity contribution is 7.92. The lowest BCUT2D eigenvalue weighted by Crippen LogP contribution is -2.37. The number of nitrogen functional groups attached to an aromatic ring is 1. The molecule has 0 aliphatic heterocycles. The first-order chi connectivity index (χ1) is 8.25. The average Bonchev–Trinajstić information content (AvgIpc) is 2.27. The fourth-order valence-electron chi connectivity index (χ4n) is 1.31. The minimum absolute atomic E-state index is 0.0528. The van der Waals surface area contributed by atoms with E-state index in [-0.39, 0.29) is 16.6 Å². The second kappa shape index (κ2) is 5.34. The van der Waals surface area contributed by atoms with Crippen LogP contribution in [0.5, 0.6) is 0 Å². The molecule has 1 rings (SSSR count). The molecule has 0 aliphatic carbocycles. The number of carbonyl (C=O) groups is 1. The first-order valence-corrected chi connectivity index (χ1v) is 7.09.